The Morgan fingerprint density at radius 3 is 2.64 bits per heavy atom. The molecule has 3 aromatic heterocycles. The first kappa shape index (κ1) is 19.5. The van der Waals surface area contributed by atoms with E-state index in [2.05, 4.69) is 15.7 Å². The summed E-state index contributed by atoms with van der Waals surface area (Å²) in [6.45, 7) is 1.97. The number of aromatic hydroxyl groups is 1. The van der Waals surface area contributed by atoms with Crippen molar-refractivity contribution in [2.24, 2.45) is 14.1 Å². The van der Waals surface area contributed by atoms with Crippen LogP contribution in [0.4, 0.5) is 17.1 Å². The van der Waals surface area contributed by atoms with Gasteiger partial charge in [0.15, 0.2) is 0 Å². The van der Waals surface area contributed by atoms with Gasteiger partial charge in [0.2, 0.25) is 0 Å². The number of aromatic amines is 1. The molecule has 0 fully saturated rings. The molecule has 0 aliphatic rings. The van der Waals surface area contributed by atoms with Gasteiger partial charge in [0, 0.05) is 31.2 Å². The van der Waals surface area contributed by atoms with Gasteiger partial charge in [-0.05, 0) is 17.9 Å². The number of nitrogens with zero attached hydrogens (tertiary/aromatic N) is 2. The smallest absolute Gasteiger partial charge is 0.290 e. The Bertz CT molecular complexity index is 1160. The van der Waals surface area contributed by atoms with E-state index in [1.54, 1.807) is 11.3 Å². The van der Waals surface area contributed by atoms with Crippen molar-refractivity contribution in [2.75, 3.05) is 10.6 Å². The number of aromatic nitrogens is 3. The maximum absolute atomic E-state index is 12.7. The van der Waals surface area contributed by atoms with Gasteiger partial charge in [0.25, 0.3) is 16.7 Å². The van der Waals surface area contributed by atoms with E-state index < -0.39 is 16.7 Å². The third-order valence-corrected chi connectivity index (χ3v) is 5.33. The van der Waals surface area contributed by atoms with Crippen LogP contribution in [0.1, 0.15) is 24.3 Å². The molecular formula is C18H21N5O4S. The summed E-state index contributed by atoms with van der Waals surface area (Å²) in [5, 5.41) is 20.5. The minimum atomic E-state index is -0.489. The maximum atomic E-state index is 12.7. The van der Waals surface area contributed by atoms with E-state index >= 15 is 0 Å². The summed E-state index contributed by atoms with van der Waals surface area (Å²) in [6, 6.07) is 4.74. The van der Waals surface area contributed by atoms with Gasteiger partial charge in [-0.1, -0.05) is 13.0 Å². The Morgan fingerprint density at radius 2 is 2.00 bits per heavy atom. The number of pyridine rings is 1. The van der Waals surface area contributed by atoms with Crippen molar-refractivity contribution in [3.63, 3.8) is 0 Å². The van der Waals surface area contributed by atoms with Crippen LogP contribution in [0.3, 0.4) is 0 Å². The molecule has 0 aliphatic heterocycles. The molecule has 0 aliphatic carbocycles. The van der Waals surface area contributed by atoms with E-state index in [1.807, 2.05) is 24.4 Å². The van der Waals surface area contributed by atoms with Gasteiger partial charge in [-0.2, -0.15) is 0 Å². The fraction of sp³-hybridized carbons (Fsp3) is 0.278. The lowest BCUT2D eigenvalue weighted by Crippen LogP contribution is -2.32. The van der Waals surface area contributed by atoms with Crippen molar-refractivity contribution in [2.45, 2.75) is 19.4 Å². The molecule has 10 heteroatoms. The minimum absolute atomic E-state index is 0.0183. The monoisotopic (exact) mass is 403 g/mol. The summed E-state index contributed by atoms with van der Waals surface area (Å²) < 4.78 is 2.31. The van der Waals surface area contributed by atoms with Crippen LogP contribution in [-0.4, -0.2) is 19.5 Å². The van der Waals surface area contributed by atoms with E-state index in [4.69, 9.17) is 0 Å². The number of aryl methyl sites for hydroxylation is 2. The second kappa shape index (κ2) is 7.77. The first-order chi connectivity index (χ1) is 13.3. The number of thiophene rings is 1. The zero-order valence-corrected chi connectivity index (χ0v) is 16.5. The second-order valence-corrected chi connectivity index (χ2v) is 7.30. The maximum Gasteiger partial charge on any atom is 0.290 e. The first-order valence-electron chi connectivity index (χ1n) is 8.61. The Kier molecular flexibility index (Phi) is 5.41. The standard InChI is InChI=1S/C18H21N5O4S/c1-4-10(13-6-5-7-28-13)19-15-16(18(27)23(3)21-17(15)26)20-11-9-22(2)14(25)8-12(11)24/h5-10,19-20,24H,4H2,1-3H3,(H,21,26). The fourth-order valence-corrected chi connectivity index (χ4v) is 3.65. The van der Waals surface area contributed by atoms with Gasteiger partial charge in [-0.3, -0.25) is 24.2 Å². The van der Waals surface area contributed by atoms with E-state index in [0.717, 1.165) is 15.6 Å². The Hall–Kier alpha value is -3.27. The highest BCUT2D eigenvalue weighted by atomic mass is 32.1. The van der Waals surface area contributed by atoms with Gasteiger partial charge in [-0.25, -0.2) is 0 Å². The summed E-state index contributed by atoms with van der Waals surface area (Å²) in [5.41, 5.74) is -1.19. The summed E-state index contributed by atoms with van der Waals surface area (Å²) in [4.78, 5) is 38.0. The number of hydrogen-bond donors (Lipinski definition) is 4. The van der Waals surface area contributed by atoms with E-state index in [1.165, 1.54) is 24.9 Å². The molecule has 0 spiro atoms. The van der Waals surface area contributed by atoms with Crippen LogP contribution >= 0.6 is 11.3 Å². The first-order valence-corrected chi connectivity index (χ1v) is 9.49. The summed E-state index contributed by atoms with van der Waals surface area (Å²) >= 11 is 1.55. The predicted molar refractivity (Wildman–Crippen MR) is 110 cm³/mol. The molecule has 3 aromatic rings. The lowest BCUT2D eigenvalue weighted by molar-refractivity contribution is 0.474. The van der Waals surface area contributed by atoms with E-state index in [-0.39, 0.29) is 28.9 Å². The van der Waals surface area contributed by atoms with Crippen molar-refractivity contribution in [1.82, 2.24) is 14.3 Å². The molecule has 0 radical (unpaired) electrons. The number of nitrogens with one attached hydrogen (secondary N) is 3. The molecule has 1 atom stereocenters. The Labute approximate surface area is 163 Å². The second-order valence-electron chi connectivity index (χ2n) is 6.32. The van der Waals surface area contributed by atoms with Crippen molar-refractivity contribution in [3.8, 4) is 5.75 Å². The Balaban J connectivity index is 2.10. The van der Waals surface area contributed by atoms with Crippen LogP contribution < -0.4 is 27.3 Å². The lowest BCUT2D eigenvalue weighted by Gasteiger charge is -2.20. The van der Waals surface area contributed by atoms with Crippen LogP contribution in [0, 0.1) is 0 Å². The highest BCUT2D eigenvalue weighted by molar-refractivity contribution is 7.10. The van der Waals surface area contributed by atoms with Gasteiger partial charge in [-0.15, -0.1) is 11.3 Å². The molecular weight excluding hydrogens is 382 g/mol. The van der Waals surface area contributed by atoms with Crippen LogP contribution in [0.15, 0.2) is 44.2 Å². The molecule has 0 aromatic carbocycles. The normalized spacial score (nSPS) is 12.0. The van der Waals surface area contributed by atoms with Gasteiger partial charge in [0.05, 0.1) is 11.7 Å². The average Bonchev–Trinajstić information content (AvgIpc) is 3.18. The van der Waals surface area contributed by atoms with Crippen molar-refractivity contribution < 1.29 is 5.11 Å². The average molecular weight is 403 g/mol. The largest absolute Gasteiger partial charge is 0.506 e. The molecule has 9 nitrogen and oxygen atoms in total. The van der Waals surface area contributed by atoms with Crippen molar-refractivity contribution in [1.29, 1.82) is 0 Å². The quantitative estimate of drug-likeness (QED) is 0.498. The number of anilines is 3. The highest BCUT2D eigenvalue weighted by Gasteiger charge is 2.20. The van der Waals surface area contributed by atoms with Crippen molar-refractivity contribution in [3.05, 3.63) is 65.7 Å². The SMILES string of the molecule is CCC(Nc1c(Nc2cn(C)c(=O)cc2O)c(=O)n(C)[nH]c1=O)c1cccs1. The molecule has 1 unspecified atom stereocenters. The van der Waals surface area contributed by atoms with Crippen LogP contribution in [0.5, 0.6) is 5.75 Å². The molecule has 3 rings (SSSR count). The topological polar surface area (TPSA) is 121 Å². The van der Waals surface area contributed by atoms with E-state index in [9.17, 15) is 19.5 Å². The van der Waals surface area contributed by atoms with Crippen LogP contribution in [0.2, 0.25) is 0 Å². The molecule has 148 valence electrons. The Morgan fingerprint density at radius 1 is 1.25 bits per heavy atom. The van der Waals surface area contributed by atoms with Gasteiger partial charge in [0.1, 0.15) is 17.1 Å². The molecule has 3 heterocycles. The van der Waals surface area contributed by atoms with Crippen molar-refractivity contribution >= 4 is 28.4 Å². The fourth-order valence-electron chi connectivity index (χ4n) is 2.79. The zero-order chi connectivity index (χ0) is 20.4. The van der Waals surface area contributed by atoms with Crippen LogP contribution in [-0.2, 0) is 14.1 Å². The summed E-state index contributed by atoms with van der Waals surface area (Å²) in [7, 11) is 2.95. The molecule has 0 saturated heterocycles. The summed E-state index contributed by atoms with van der Waals surface area (Å²) in [6.07, 6.45) is 2.05. The molecule has 4 N–H and O–H groups in total. The van der Waals surface area contributed by atoms with E-state index in [0.29, 0.717) is 6.42 Å². The molecule has 0 bridgehead atoms. The minimum Gasteiger partial charge on any atom is -0.506 e. The number of hydrogen-bond acceptors (Lipinski definition) is 7. The zero-order valence-electron chi connectivity index (χ0n) is 15.6. The molecule has 0 amide bonds. The summed E-state index contributed by atoms with van der Waals surface area (Å²) in [5.74, 6) is -0.318. The third kappa shape index (κ3) is 3.72. The predicted octanol–water partition coefficient (Wildman–Crippen LogP) is 1.85. The van der Waals surface area contributed by atoms with Gasteiger partial charge < -0.3 is 20.3 Å². The van der Waals surface area contributed by atoms with Crippen LogP contribution in [0.25, 0.3) is 0 Å². The molecule has 0 saturated carbocycles. The molecule has 28 heavy (non-hydrogen) atoms. The number of H-pyrrole nitrogens is 1. The van der Waals surface area contributed by atoms with Gasteiger partial charge >= 0.3 is 0 Å². The lowest BCUT2D eigenvalue weighted by atomic mass is 10.1. The number of rotatable bonds is 6. The third-order valence-electron chi connectivity index (χ3n) is 4.34. The highest BCUT2D eigenvalue weighted by Crippen LogP contribution is 2.29.